The van der Waals surface area contributed by atoms with Gasteiger partial charge in [-0.25, -0.2) is 0 Å². The van der Waals surface area contributed by atoms with Crippen LogP contribution in [0.25, 0.3) is 0 Å². The van der Waals surface area contributed by atoms with Crippen LogP contribution in [0.5, 0.6) is 0 Å². The minimum atomic E-state index is -0.279. The molecule has 1 N–H and O–H groups in total. The number of hydrogen-bond donors (Lipinski definition) is 1. The van der Waals surface area contributed by atoms with Gasteiger partial charge in [-0.2, -0.15) is 0 Å². The van der Waals surface area contributed by atoms with Crippen molar-refractivity contribution in [3.8, 4) is 0 Å². The molecule has 0 fully saturated rings. The number of hydrogen-bond acceptors (Lipinski definition) is 3. The van der Waals surface area contributed by atoms with Gasteiger partial charge in [-0.05, 0) is 44.5 Å². The van der Waals surface area contributed by atoms with Crippen molar-refractivity contribution >= 4 is 11.5 Å². The Morgan fingerprint density at radius 1 is 1.38 bits per heavy atom. The first-order chi connectivity index (χ1) is 7.50. The highest BCUT2D eigenvalue weighted by atomic mass is 16.3. The summed E-state index contributed by atoms with van der Waals surface area (Å²) >= 11 is 0. The van der Waals surface area contributed by atoms with Crippen LogP contribution in [0, 0.1) is 0 Å². The minimum absolute atomic E-state index is 0.0817. The Bertz CT molecular complexity index is 343. The summed E-state index contributed by atoms with van der Waals surface area (Å²) in [7, 11) is 1.98. The molecule has 88 valence electrons. The second-order valence-corrected chi connectivity index (χ2v) is 4.16. The van der Waals surface area contributed by atoms with Crippen LogP contribution in [0.4, 0.5) is 5.69 Å². The highest BCUT2D eigenvalue weighted by Crippen LogP contribution is 2.14. The van der Waals surface area contributed by atoms with E-state index >= 15 is 0 Å². The molecule has 1 rings (SSSR count). The second-order valence-electron chi connectivity index (χ2n) is 4.16. The number of nitrogens with zero attached hydrogens (tertiary/aromatic N) is 1. The largest absolute Gasteiger partial charge is 0.393 e. The smallest absolute Gasteiger partial charge is 0.159 e. The third-order valence-electron chi connectivity index (χ3n) is 2.60. The van der Waals surface area contributed by atoms with E-state index in [2.05, 4.69) is 4.90 Å². The maximum absolute atomic E-state index is 11.1. The Hall–Kier alpha value is -1.35. The molecule has 0 aliphatic heterocycles. The van der Waals surface area contributed by atoms with Crippen LogP contribution in [0.15, 0.2) is 24.3 Å². The molecule has 1 atom stereocenters. The highest BCUT2D eigenvalue weighted by Gasteiger charge is 2.04. The highest BCUT2D eigenvalue weighted by molar-refractivity contribution is 5.94. The van der Waals surface area contributed by atoms with Crippen molar-refractivity contribution in [2.24, 2.45) is 0 Å². The number of Topliss-reactive ketones (excluding diaryl/α,β-unsaturated/α-hetero) is 1. The number of carbonyl (C=O) groups is 1. The molecule has 1 aromatic carbocycles. The maximum atomic E-state index is 11.1. The summed E-state index contributed by atoms with van der Waals surface area (Å²) in [5.74, 6) is 0.0817. The summed E-state index contributed by atoms with van der Waals surface area (Å²) < 4.78 is 0. The average molecular weight is 221 g/mol. The lowest BCUT2D eigenvalue weighted by molar-refractivity contribution is 0.101. The minimum Gasteiger partial charge on any atom is -0.393 e. The van der Waals surface area contributed by atoms with Crippen LogP contribution < -0.4 is 4.90 Å². The zero-order valence-electron chi connectivity index (χ0n) is 10.1. The third-order valence-corrected chi connectivity index (χ3v) is 2.60. The first kappa shape index (κ1) is 12.7. The summed E-state index contributed by atoms with van der Waals surface area (Å²) in [5.41, 5.74) is 1.79. The SMILES string of the molecule is CC(=O)c1ccc(N(C)CCC(C)O)cc1. The fourth-order valence-corrected chi connectivity index (χ4v) is 1.46. The molecule has 1 unspecified atom stereocenters. The Balaban J connectivity index is 2.63. The molecule has 16 heavy (non-hydrogen) atoms. The predicted molar refractivity (Wildman–Crippen MR) is 66.0 cm³/mol. The maximum Gasteiger partial charge on any atom is 0.159 e. The van der Waals surface area contributed by atoms with Gasteiger partial charge in [0.15, 0.2) is 5.78 Å². The quantitative estimate of drug-likeness (QED) is 0.774. The van der Waals surface area contributed by atoms with Crippen LogP contribution >= 0.6 is 0 Å². The molecule has 0 aromatic heterocycles. The molecule has 0 bridgehead atoms. The van der Waals surface area contributed by atoms with E-state index in [0.717, 1.165) is 24.2 Å². The van der Waals surface area contributed by atoms with Gasteiger partial charge in [-0.15, -0.1) is 0 Å². The van der Waals surface area contributed by atoms with E-state index in [0.29, 0.717) is 0 Å². The molecular weight excluding hydrogens is 202 g/mol. The van der Waals surface area contributed by atoms with Crippen molar-refractivity contribution in [3.05, 3.63) is 29.8 Å². The summed E-state index contributed by atoms with van der Waals surface area (Å²) in [6.45, 7) is 4.15. The van der Waals surface area contributed by atoms with E-state index in [1.54, 1.807) is 13.8 Å². The lowest BCUT2D eigenvalue weighted by Crippen LogP contribution is -2.21. The summed E-state index contributed by atoms with van der Waals surface area (Å²) in [6.07, 6.45) is 0.462. The van der Waals surface area contributed by atoms with Gasteiger partial charge in [0.1, 0.15) is 0 Å². The summed E-state index contributed by atoms with van der Waals surface area (Å²) in [5, 5.41) is 9.19. The van der Waals surface area contributed by atoms with Gasteiger partial charge < -0.3 is 10.0 Å². The van der Waals surface area contributed by atoms with Crippen LogP contribution in [-0.4, -0.2) is 30.6 Å². The predicted octanol–water partition coefficient (Wildman–Crippen LogP) is 2.10. The van der Waals surface area contributed by atoms with Crippen molar-refractivity contribution in [1.82, 2.24) is 0 Å². The lowest BCUT2D eigenvalue weighted by Gasteiger charge is -2.20. The molecule has 0 amide bonds. The zero-order valence-corrected chi connectivity index (χ0v) is 10.1. The Morgan fingerprint density at radius 3 is 2.38 bits per heavy atom. The molecule has 0 aliphatic rings. The van der Waals surface area contributed by atoms with Gasteiger partial charge in [-0.1, -0.05) is 0 Å². The van der Waals surface area contributed by atoms with Crippen molar-refractivity contribution in [2.75, 3.05) is 18.5 Å². The van der Waals surface area contributed by atoms with Gasteiger partial charge in [0.05, 0.1) is 6.10 Å². The standard InChI is InChI=1S/C13H19NO2/c1-10(15)8-9-14(3)13-6-4-12(5-7-13)11(2)16/h4-7,10,15H,8-9H2,1-3H3. The molecule has 0 aliphatic carbocycles. The number of ketones is 1. The van der Waals surface area contributed by atoms with E-state index in [4.69, 9.17) is 0 Å². The normalized spacial score (nSPS) is 12.2. The van der Waals surface area contributed by atoms with Crippen LogP contribution in [0.3, 0.4) is 0 Å². The van der Waals surface area contributed by atoms with E-state index in [1.807, 2.05) is 31.3 Å². The summed E-state index contributed by atoms with van der Waals surface area (Å²) in [6, 6.07) is 7.52. The molecule has 0 spiro atoms. The molecule has 1 aromatic rings. The third kappa shape index (κ3) is 3.66. The molecule has 3 heteroatoms. The van der Waals surface area contributed by atoms with Crippen LogP contribution in [0.1, 0.15) is 30.6 Å². The van der Waals surface area contributed by atoms with Crippen molar-refractivity contribution in [2.45, 2.75) is 26.4 Å². The number of aliphatic hydroxyl groups excluding tert-OH is 1. The van der Waals surface area contributed by atoms with Crippen molar-refractivity contribution in [1.29, 1.82) is 0 Å². The monoisotopic (exact) mass is 221 g/mol. The molecule has 0 heterocycles. The van der Waals surface area contributed by atoms with Gasteiger partial charge in [-0.3, -0.25) is 4.79 Å². The topological polar surface area (TPSA) is 40.5 Å². The van der Waals surface area contributed by atoms with E-state index in [-0.39, 0.29) is 11.9 Å². The number of benzene rings is 1. The molecule has 0 radical (unpaired) electrons. The number of carbonyl (C=O) groups excluding carboxylic acids is 1. The number of rotatable bonds is 5. The number of aliphatic hydroxyl groups is 1. The zero-order chi connectivity index (χ0) is 12.1. The second kappa shape index (κ2) is 5.66. The van der Waals surface area contributed by atoms with Crippen molar-refractivity contribution < 1.29 is 9.90 Å². The fourth-order valence-electron chi connectivity index (χ4n) is 1.46. The van der Waals surface area contributed by atoms with Gasteiger partial charge in [0, 0.05) is 24.8 Å². The van der Waals surface area contributed by atoms with Crippen molar-refractivity contribution in [3.63, 3.8) is 0 Å². The van der Waals surface area contributed by atoms with Crippen LogP contribution in [-0.2, 0) is 0 Å². The molecule has 0 saturated carbocycles. The Kier molecular flexibility index (Phi) is 4.50. The van der Waals surface area contributed by atoms with Gasteiger partial charge in [0.2, 0.25) is 0 Å². The first-order valence-electron chi connectivity index (χ1n) is 5.51. The first-order valence-corrected chi connectivity index (χ1v) is 5.51. The van der Waals surface area contributed by atoms with Gasteiger partial charge in [0.25, 0.3) is 0 Å². The molecule has 0 saturated heterocycles. The number of anilines is 1. The molecular formula is C13H19NO2. The fraction of sp³-hybridized carbons (Fsp3) is 0.462. The Labute approximate surface area is 96.7 Å². The lowest BCUT2D eigenvalue weighted by atomic mass is 10.1. The Morgan fingerprint density at radius 2 is 1.94 bits per heavy atom. The van der Waals surface area contributed by atoms with E-state index < -0.39 is 0 Å². The van der Waals surface area contributed by atoms with Gasteiger partial charge >= 0.3 is 0 Å². The van der Waals surface area contributed by atoms with E-state index in [1.165, 1.54) is 0 Å². The van der Waals surface area contributed by atoms with E-state index in [9.17, 15) is 9.90 Å². The molecule has 3 nitrogen and oxygen atoms in total. The van der Waals surface area contributed by atoms with Crippen LogP contribution in [0.2, 0.25) is 0 Å². The summed E-state index contributed by atoms with van der Waals surface area (Å²) in [4.78, 5) is 13.2. The average Bonchev–Trinajstić information content (AvgIpc) is 2.26.